The van der Waals surface area contributed by atoms with Crippen molar-refractivity contribution in [2.24, 2.45) is 0 Å². The number of benzene rings is 9. The van der Waals surface area contributed by atoms with Gasteiger partial charge in [0.2, 0.25) is 0 Å². The summed E-state index contributed by atoms with van der Waals surface area (Å²) in [4.78, 5) is 2.43. The Morgan fingerprint density at radius 2 is 0.877 bits per heavy atom. The van der Waals surface area contributed by atoms with Crippen LogP contribution in [0.25, 0.3) is 66.1 Å². The average molecular weight is 730 g/mol. The third-order valence-electron chi connectivity index (χ3n) is 13.0. The molecule has 0 saturated carbocycles. The minimum absolute atomic E-state index is 0.0787. The molecular weight excluding hydrogens is 687 g/mol. The highest BCUT2D eigenvalue weighted by Gasteiger charge is 2.37. The Bertz CT molecular complexity index is 3060. The van der Waals surface area contributed by atoms with E-state index >= 15 is 0 Å². The van der Waals surface area contributed by atoms with E-state index in [1.165, 1.54) is 88.3 Å². The third kappa shape index (κ3) is 5.08. The average Bonchev–Trinajstić information content (AvgIpc) is 3.48. The van der Waals surface area contributed by atoms with E-state index in [9.17, 15) is 0 Å². The van der Waals surface area contributed by atoms with Crippen LogP contribution in [0.4, 0.5) is 17.1 Å². The van der Waals surface area contributed by atoms with Crippen molar-refractivity contribution < 1.29 is 0 Å². The highest BCUT2D eigenvalue weighted by Crippen LogP contribution is 2.55. The molecule has 0 aromatic heterocycles. The number of hydrogen-bond acceptors (Lipinski definition) is 1. The van der Waals surface area contributed by atoms with Crippen molar-refractivity contribution in [3.05, 3.63) is 210 Å². The molecule has 0 fully saturated rings. The summed E-state index contributed by atoms with van der Waals surface area (Å²) in [6.45, 7) is 9.55. The predicted molar refractivity (Wildman–Crippen MR) is 242 cm³/mol. The molecule has 0 spiro atoms. The lowest BCUT2D eigenvalue weighted by molar-refractivity contribution is 0.645. The normalized spacial score (nSPS) is 14.2. The van der Waals surface area contributed by atoms with Gasteiger partial charge in [0.25, 0.3) is 0 Å². The lowest BCUT2D eigenvalue weighted by atomic mass is 9.67. The fourth-order valence-corrected chi connectivity index (χ4v) is 10.1. The molecule has 9 aromatic carbocycles. The standard InChI is InChI=1S/C56H43N/c1-55(2)50-32-29-44(57(43-28-23-37-15-8-9-16-40(37)33-43)42-26-21-38(22-27-42)36-13-6-5-7-14-36)35-48(50)54-45(30-24-39-17-12-20-51(55)53(39)54)41-25-31-47-46-18-10-11-19-49(46)56(3,4)52(47)34-41/h5-35H,1-4H3. The Morgan fingerprint density at radius 3 is 1.72 bits per heavy atom. The monoisotopic (exact) mass is 729 g/mol. The van der Waals surface area contributed by atoms with Crippen LogP contribution in [0.1, 0.15) is 49.9 Å². The van der Waals surface area contributed by atoms with E-state index < -0.39 is 0 Å². The highest BCUT2D eigenvalue weighted by atomic mass is 15.1. The lowest BCUT2D eigenvalue weighted by Crippen LogP contribution is -2.24. The molecule has 0 saturated heterocycles. The van der Waals surface area contributed by atoms with Crippen LogP contribution < -0.4 is 4.90 Å². The van der Waals surface area contributed by atoms with Crippen LogP contribution in [-0.2, 0) is 10.8 Å². The van der Waals surface area contributed by atoms with Crippen LogP contribution in [0.5, 0.6) is 0 Å². The topological polar surface area (TPSA) is 3.24 Å². The number of fused-ring (bicyclic) bond motifs is 6. The number of anilines is 3. The van der Waals surface area contributed by atoms with Gasteiger partial charge in [0.05, 0.1) is 0 Å². The van der Waals surface area contributed by atoms with Gasteiger partial charge in [-0.05, 0) is 131 Å². The first kappa shape index (κ1) is 33.6. The highest BCUT2D eigenvalue weighted by molar-refractivity contribution is 6.10. The van der Waals surface area contributed by atoms with Crippen molar-refractivity contribution in [3.8, 4) is 44.5 Å². The van der Waals surface area contributed by atoms with E-state index in [2.05, 4.69) is 221 Å². The van der Waals surface area contributed by atoms with Gasteiger partial charge in [-0.15, -0.1) is 0 Å². The molecule has 0 N–H and O–H groups in total. The van der Waals surface area contributed by atoms with Crippen LogP contribution in [0.3, 0.4) is 0 Å². The van der Waals surface area contributed by atoms with Crippen molar-refractivity contribution in [1.29, 1.82) is 0 Å². The van der Waals surface area contributed by atoms with Gasteiger partial charge in [0.1, 0.15) is 0 Å². The van der Waals surface area contributed by atoms with Gasteiger partial charge >= 0.3 is 0 Å². The molecule has 0 radical (unpaired) electrons. The van der Waals surface area contributed by atoms with Crippen LogP contribution in [-0.4, -0.2) is 0 Å². The van der Waals surface area contributed by atoms with Gasteiger partial charge in [0, 0.05) is 27.9 Å². The minimum Gasteiger partial charge on any atom is -0.310 e. The first-order valence-electron chi connectivity index (χ1n) is 20.2. The summed E-state index contributed by atoms with van der Waals surface area (Å²) >= 11 is 0. The van der Waals surface area contributed by atoms with Crippen molar-refractivity contribution >= 4 is 38.6 Å². The molecular formula is C56H43N. The van der Waals surface area contributed by atoms with E-state index in [4.69, 9.17) is 0 Å². The molecule has 9 aromatic rings. The van der Waals surface area contributed by atoms with E-state index in [1.54, 1.807) is 0 Å². The fourth-order valence-electron chi connectivity index (χ4n) is 10.1. The summed E-state index contributed by atoms with van der Waals surface area (Å²) < 4.78 is 0. The molecule has 0 bridgehead atoms. The molecule has 0 heterocycles. The molecule has 2 aliphatic rings. The van der Waals surface area contributed by atoms with Gasteiger partial charge in [-0.1, -0.05) is 173 Å². The summed E-state index contributed by atoms with van der Waals surface area (Å²) in [7, 11) is 0. The second-order valence-electron chi connectivity index (χ2n) is 17.0. The fraction of sp³-hybridized carbons (Fsp3) is 0.107. The quantitative estimate of drug-likeness (QED) is 0.170. The summed E-state index contributed by atoms with van der Waals surface area (Å²) in [5, 5.41) is 5.10. The molecule has 0 amide bonds. The summed E-state index contributed by atoms with van der Waals surface area (Å²) in [5.41, 5.74) is 19.0. The SMILES string of the molecule is CC1(C)c2ccccc2-c2ccc(-c3ccc4cccc5c4c3-c3cc(N(c4ccc(-c6ccccc6)cc4)c4ccc6ccccc6c4)ccc3C5(C)C)cc21. The van der Waals surface area contributed by atoms with E-state index in [1.807, 2.05) is 0 Å². The molecule has 0 aliphatic heterocycles. The van der Waals surface area contributed by atoms with Crippen molar-refractivity contribution in [2.45, 2.75) is 38.5 Å². The number of hydrogen-bond donors (Lipinski definition) is 0. The van der Waals surface area contributed by atoms with E-state index in [0.29, 0.717) is 0 Å². The minimum atomic E-state index is -0.189. The van der Waals surface area contributed by atoms with E-state index in [-0.39, 0.29) is 10.8 Å². The van der Waals surface area contributed by atoms with Crippen LogP contribution >= 0.6 is 0 Å². The van der Waals surface area contributed by atoms with Gasteiger partial charge < -0.3 is 4.90 Å². The van der Waals surface area contributed by atoms with Crippen LogP contribution in [0.15, 0.2) is 188 Å². The second kappa shape index (κ2) is 12.4. The molecule has 0 atom stereocenters. The third-order valence-corrected chi connectivity index (χ3v) is 13.0. The predicted octanol–water partition coefficient (Wildman–Crippen LogP) is 15.4. The summed E-state index contributed by atoms with van der Waals surface area (Å²) in [6, 6.07) is 70.1. The Kier molecular flexibility index (Phi) is 7.32. The Hall–Kier alpha value is -6.70. The van der Waals surface area contributed by atoms with Crippen molar-refractivity contribution in [3.63, 3.8) is 0 Å². The Balaban J connectivity index is 1.14. The summed E-state index contributed by atoms with van der Waals surface area (Å²) in [5.74, 6) is 0. The van der Waals surface area contributed by atoms with Crippen molar-refractivity contribution in [2.75, 3.05) is 4.90 Å². The number of rotatable bonds is 5. The maximum atomic E-state index is 2.48. The first-order valence-corrected chi connectivity index (χ1v) is 20.2. The molecule has 11 rings (SSSR count). The zero-order chi connectivity index (χ0) is 38.5. The number of nitrogens with zero attached hydrogens (tertiary/aromatic N) is 1. The largest absolute Gasteiger partial charge is 0.310 e. The van der Waals surface area contributed by atoms with Crippen LogP contribution in [0, 0.1) is 0 Å². The van der Waals surface area contributed by atoms with E-state index in [0.717, 1.165) is 17.1 Å². The zero-order valence-corrected chi connectivity index (χ0v) is 32.8. The maximum absolute atomic E-state index is 2.48. The molecule has 272 valence electrons. The summed E-state index contributed by atoms with van der Waals surface area (Å²) in [6.07, 6.45) is 0. The maximum Gasteiger partial charge on any atom is 0.0468 e. The van der Waals surface area contributed by atoms with Gasteiger partial charge in [-0.3, -0.25) is 0 Å². The Morgan fingerprint density at radius 1 is 0.316 bits per heavy atom. The van der Waals surface area contributed by atoms with Crippen LogP contribution in [0.2, 0.25) is 0 Å². The smallest absolute Gasteiger partial charge is 0.0468 e. The molecule has 1 heteroatoms. The second-order valence-corrected chi connectivity index (χ2v) is 17.0. The molecule has 1 nitrogen and oxygen atoms in total. The first-order chi connectivity index (χ1) is 27.8. The zero-order valence-electron chi connectivity index (χ0n) is 32.8. The Labute approximate surface area is 335 Å². The van der Waals surface area contributed by atoms with Crippen molar-refractivity contribution in [1.82, 2.24) is 0 Å². The molecule has 2 aliphatic carbocycles. The lowest BCUT2D eigenvalue weighted by Gasteiger charge is -2.37. The van der Waals surface area contributed by atoms with Gasteiger partial charge in [-0.2, -0.15) is 0 Å². The van der Waals surface area contributed by atoms with Gasteiger partial charge in [0.15, 0.2) is 0 Å². The van der Waals surface area contributed by atoms with Gasteiger partial charge in [-0.25, -0.2) is 0 Å². The molecule has 57 heavy (non-hydrogen) atoms. The molecule has 0 unspecified atom stereocenters.